The smallest absolute Gasteiger partial charge is 0.261 e. The predicted octanol–water partition coefficient (Wildman–Crippen LogP) is 3.71. The van der Waals surface area contributed by atoms with E-state index in [9.17, 15) is 4.79 Å². The molecule has 150 valence electrons. The summed E-state index contributed by atoms with van der Waals surface area (Å²) in [7, 11) is 3.22. The SMILES string of the molecule is COCc1nc(OC)c2c(C)c(C(=O)NC3C4CC5CC(C4)CC3C5)sc2n1. The maximum atomic E-state index is 13.2. The van der Waals surface area contributed by atoms with Crippen LogP contribution in [0, 0.1) is 30.6 Å². The van der Waals surface area contributed by atoms with E-state index in [1.807, 2.05) is 6.92 Å². The van der Waals surface area contributed by atoms with Gasteiger partial charge in [-0.25, -0.2) is 4.98 Å². The fourth-order valence-electron chi connectivity index (χ4n) is 6.08. The summed E-state index contributed by atoms with van der Waals surface area (Å²) in [6.45, 7) is 2.28. The van der Waals surface area contributed by atoms with Crippen LogP contribution in [0.15, 0.2) is 0 Å². The highest BCUT2D eigenvalue weighted by Crippen LogP contribution is 2.53. The Kier molecular flexibility index (Phi) is 4.55. The third kappa shape index (κ3) is 2.90. The highest BCUT2D eigenvalue weighted by atomic mass is 32.1. The van der Waals surface area contributed by atoms with Crippen LogP contribution >= 0.6 is 11.3 Å². The number of amides is 1. The molecule has 4 fully saturated rings. The topological polar surface area (TPSA) is 73.3 Å². The molecule has 4 aliphatic carbocycles. The van der Waals surface area contributed by atoms with Crippen LogP contribution in [0.3, 0.4) is 0 Å². The Bertz CT molecular complexity index is 897. The lowest BCUT2D eigenvalue weighted by Gasteiger charge is -2.54. The first-order chi connectivity index (χ1) is 13.6. The van der Waals surface area contributed by atoms with E-state index in [2.05, 4.69) is 15.3 Å². The molecule has 0 aromatic carbocycles. The van der Waals surface area contributed by atoms with Gasteiger partial charge in [-0.05, 0) is 68.3 Å². The molecule has 7 heteroatoms. The number of nitrogens with zero attached hydrogens (tertiary/aromatic N) is 2. The first kappa shape index (κ1) is 18.3. The van der Waals surface area contributed by atoms with Crippen LogP contribution in [-0.2, 0) is 11.3 Å². The van der Waals surface area contributed by atoms with Gasteiger partial charge in [0.2, 0.25) is 5.88 Å². The summed E-state index contributed by atoms with van der Waals surface area (Å²) in [5.41, 5.74) is 0.905. The summed E-state index contributed by atoms with van der Waals surface area (Å²) in [4.78, 5) is 23.7. The van der Waals surface area contributed by atoms with Crippen molar-refractivity contribution in [2.24, 2.45) is 23.7 Å². The van der Waals surface area contributed by atoms with Crippen molar-refractivity contribution in [1.29, 1.82) is 0 Å². The lowest BCUT2D eigenvalue weighted by Crippen LogP contribution is -2.55. The molecule has 0 unspecified atom stereocenters. The number of methoxy groups -OCH3 is 2. The third-order valence-electron chi connectivity index (χ3n) is 7.00. The second kappa shape index (κ2) is 6.95. The molecule has 0 spiro atoms. The zero-order chi connectivity index (χ0) is 19.4. The lowest BCUT2D eigenvalue weighted by atomic mass is 9.54. The molecule has 1 N–H and O–H groups in total. The standard InChI is InChI=1S/C21H27N3O3S/c1-10-16-20(27-3)22-15(9-26-2)23-21(16)28-18(10)19(25)24-17-13-5-11-4-12(7-13)8-14(17)6-11/h11-14,17H,4-9H2,1-3H3,(H,24,25). The molecule has 0 radical (unpaired) electrons. The average Bonchev–Trinajstić information content (AvgIpc) is 3.00. The third-order valence-corrected chi connectivity index (χ3v) is 8.19. The molecule has 2 heterocycles. The summed E-state index contributed by atoms with van der Waals surface area (Å²) in [5.74, 6) is 4.25. The number of rotatable bonds is 5. The van der Waals surface area contributed by atoms with Crippen molar-refractivity contribution in [3.05, 3.63) is 16.3 Å². The van der Waals surface area contributed by atoms with Gasteiger partial charge in [0.1, 0.15) is 11.4 Å². The lowest BCUT2D eigenvalue weighted by molar-refractivity contribution is -0.0119. The van der Waals surface area contributed by atoms with Gasteiger partial charge >= 0.3 is 0 Å². The minimum Gasteiger partial charge on any atom is -0.480 e. The van der Waals surface area contributed by atoms with Crippen molar-refractivity contribution in [1.82, 2.24) is 15.3 Å². The monoisotopic (exact) mass is 401 g/mol. The summed E-state index contributed by atoms with van der Waals surface area (Å²) in [5, 5.41) is 4.25. The normalized spacial score (nSPS) is 30.8. The van der Waals surface area contributed by atoms with Crippen LogP contribution in [0.25, 0.3) is 10.2 Å². The summed E-state index contributed by atoms with van der Waals surface area (Å²) in [6, 6.07) is 0.335. The molecule has 2 aromatic heterocycles. The molecule has 0 atom stereocenters. The number of carbonyl (C=O) groups is 1. The molecule has 6 rings (SSSR count). The van der Waals surface area contributed by atoms with Crippen LogP contribution in [0.1, 0.15) is 53.2 Å². The number of ether oxygens (including phenoxy) is 2. The Balaban J connectivity index is 1.44. The number of hydrogen-bond donors (Lipinski definition) is 1. The van der Waals surface area contributed by atoms with Gasteiger partial charge in [0.05, 0.1) is 17.4 Å². The Hall–Kier alpha value is -1.73. The van der Waals surface area contributed by atoms with E-state index < -0.39 is 0 Å². The number of thiophene rings is 1. The Labute approximate surface area is 169 Å². The van der Waals surface area contributed by atoms with E-state index >= 15 is 0 Å². The fraction of sp³-hybridized carbons (Fsp3) is 0.667. The van der Waals surface area contributed by atoms with E-state index in [4.69, 9.17) is 9.47 Å². The largest absolute Gasteiger partial charge is 0.480 e. The quantitative estimate of drug-likeness (QED) is 0.827. The van der Waals surface area contributed by atoms with Crippen molar-refractivity contribution in [2.75, 3.05) is 14.2 Å². The molecular formula is C21H27N3O3S. The molecule has 4 aliphatic rings. The minimum atomic E-state index is 0.0355. The highest BCUT2D eigenvalue weighted by molar-refractivity contribution is 7.20. The van der Waals surface area contributed by atoms with Crippen LogP contribution in [-0.4, -0.2) is 36.1 Å². The molecule has 4 saturated carbocycles. The molecule has 0 saturated heterocycles. The van der Waals surface area contributed by atoms with Crippen molar-refractivity contribution >= 4 is 27.5 Å². The number of fused-ring (bicyclic) bond motifs is 1. The number of aryl methyl sites for hydroxylation is 1. The minimum absolute atomic E-state index is 0.0355. The molecule has 28 heavy (non-hydrogen) atoms. The number of aromatic nitrogens is 2. The zero-order valence-electron chi connectivity index (χ0n) is 16.7. The number of nitrogens with one attached hydrogen (secondary N) is 1. The van der Waals surface area contributed by atoms with Crippen molar-refractivity contribution < 1.29 is 14.3 Å². The highest BCUT2D eigenvalue weighted by Gasteiger charge is 2.48. The molecular weight excluding hydrogens is 374 g/mol. The van der Waals surface area contributed by atoms with Crippen molar-refractivity contribution in [3.8, 4) is 5.88 Å². The van der Waals surface area contributed by atoms with Crippen LogP contribution in [0.5, 0.6) is 5.88 Å². The molecule has 0 aliphatic heterocycles. The summed E-state index contributed by atoms with van der Waals surface area (Å²) in [6.07, 6.45) is 6.60. The van der Waals surface area contributed by atoms with Gasteiger partial charge < -0.3 is 14.8 Å². The van der Waals surface area contributed by atoms with Crippen molar-refractivity contribution in [3.63, 3.8) is 0 Å². The van der Waals surface area contributed by atoms with Gasteiger partial charge in [-0.1, -0.05) is 0 Å². The molecule has 6 nitrogen and oxygen atoms in total. The molecule has 4 bridgehead atoms. The zero-order valence-corrected chi connectivity index (χ0v) is 17.5. The van der Waals surface area contributed by atoms with E-state index in [-0.39, 0.29) is 5.91 Å². The van der Waals surface area contributed by atoms with Crippen LogP contribution in [0.2, 0.25) is 0 Å². The van der Waals surface area contributed by atoms with E-state index in [1.165, 1.54) is 43.4 Å². The first-order valence-electron chi connectivity index (χ1n) is 10.2. The number of hydrogen-bond acceptors (Lipinski definition) is 6. The van der Waals surface area contributed by atoms with Crippen LogP contribution < -0.4 is 10.1 Å². The van der Waals surface area contributed by atoms with Gasteiger partial charge in [-0.3, -0.25) is 4.79 Å². The summed E-state index contributed by atoms with van der Waals surface area (Å²) < 4.78 is 10.6. The second-order valence-electron chi connectivity index (χ2n) is 8.75. The number of carbonyl (C=O) groups excluding carboxylic acids is 1. The van der Waals surface area contributed by atoms with E-state index in [0.717, 1.165) is 32.5 Å². The average molecular weight is 402 g/mol. The maximum Gasteiger partial charge on any atom is 0.261 e. The maximum absolute atomic E-state index is 13.2. The Morgan fingerprint density at radius 2 is 1.79 bits per heavy atom. The van der Waals surface area contributed by atoms with Gasteiger partial charge in [-0.2, -0.15) is 4.98 Å². The van der Waals surface area contributed by atoms with Gasteiger partial charge in [-0.15, -0.1) is 11.3 Å². The van der Waals surface area contributed by atoms with Gasteiger partial charge in [0, 0.05) is 13.2 Å². The molecule has 1 amide bonds. The fourth-order valence-corrected chi connectivity index (χ4v) is 7.17. The van der Waals surface area contributed by atoms with Gasteiger partial charge in [0.15, 0.2) is 5.82 Å². The van der Waals surface area contributed by atoms with E-state index in [0.29, 0.717) is 36.2 Å². The molecule has 2 aromatic rings. The van der Waals surface area contributed by atoms with Gasteiger partial charge in [0.25, 0.3) is 5.91 Å². The second-order valence-corrected chi connectivity index (χ2v) is 9.75. The first-order valence-corrected chi connectivity index (χ1v) is 11.0. The predicted molar refractivity (Wildman–Crippen MR) is 108 cm³/mol. The van der Waals surface area contributed by atoms with E-state index in [1.54, 1.807) is 14.2 Å². The van der Waals surface area contributed by atoms with Crippen LogP contribution in [0.4, 0.5) is 0 Å². The van der Waals surface area contributed by atoms with Crippen molar-refractivity contribution in [2.45, 2.75) is 51.7 Å². The summed E-state index contributed by atoms with van der Waals surface area (Å²) >= 11 is 1.43. The Morgan fingerprint density at radius 3 is 2.39 bits per heavy atom. The Morgan fingerprint density at radius 1 is 1.11 bits per heavy atom.